The summed E-state index contributed by atoms with van der Waals surface area (Å²) in [6, 6.07) is 55.8. The number of nitrogens with two attached hydrogens (primary N) is 1. The molecule has 0 fully saturated rings. The summed E-state index contributed by atoms with van der Waals surface area (Å²) in [6.07, 6.45) is 10.4. The molecule has 37 nitrogen and oxygen atoms in total. The Balaban J connectivity index is 0.000000310. The monoisotopic (exact) mass is 2070 g/mol. The number of aliphatic imine (C=N–C) groups is 3. The Bertz CT molecular complexity index is 5450. The Kier molecular flexibility index (Phi) is 56.2. The maximum atomic E-state index is 12.9. The molecule has 4 unspecified atom stereocenters. The van der Waals surface area contributed by atoms with Crippen LogP contribution in [0.1, 0.15) is 177 Å². The van der Waals surface area contributed by atoms with Crippen molar-refractivity contribution < 1.29 is 106 Å². The number of unbranched alkanes of at least 4 members (excludes halogenated alkanes) is 4. The van der Waals surface area contributed by atoms with E-state index in [9.17, 15) is 73.0 Å². The van der Waals surface area contributed by atoms with Crippen LogP contribution in [0.3, 0.4) is 0 Å². The van der Waals surface area contributed by atoms with Crippen molar-refractivity contribution in [3.63, 3.8) is 0 Å². The van der Waals surface area contributed by atoms with Crippen molar-refractivity contribution >= 4 is 111 Å². The van der Waals surface area contributed by atoms with Crippen LogP contribution in [-0.2, 0) is 73.5 Å². The van der Waals surface area contributed by atoms with Gasteiger partial charge in [-0.2, -0.15) is 0 Å². The number of sulfonamides is 4. The number of carboxylic acids is 2. The number of thioether (sulfide) groups is 1. The van der Waals surface area contributed by atoms with Crippen molar-refractivity contribution in [3.05, 3.63) is 241 Å². The van der Waals surface area contributed by atoms with E-state index in [0.717, 1.165) is 133 Å². The molecule has 3 aliphatic rings. The van der Waals surface area contributed by atoms with Crippen LogP contribution in [0.4, 0.5) is 4.79 Å². The van der Waals surface area contributed by atoms with Crippen molar-refractivity contribution in [1.82, 2.24) is 50.8 Å². The minimum atomic E-state index is -3.95. The number of aliphatic hydroxyl groups excluding tert-OH is 1. The number of rotatable bonds is 47. The van der Waals surface area contributed by atoms with Crippen LogP contribution >= 0.6 is 24.2 Å². The standard InChI is InChI=1S/2C23H30N4O5S.C21H28N2O5S.C17H19NO5S.C9H19NO3.C5H10N2S.ClH/c2*28-22(29)17-21(18-8-2-1-3-9-18)27-33(30,31)20-11-6-10-19(16-20)32-15-5-4-12-24-23-25-13-7-14-26-23;1-2-27-21(24)16-20(17-9-4-3-5-10-17)23-29(25,26)19-12-8-11-18(15-19)28-14-7-6-13-22;1-2-23-17(20)12-16(13-7-4-3-5-8-13)18-24(21,22)15-10-6-9-14(19)11-15;1-9(2,3)13-8(12)10-6-4-5-7-11;1-8-5-6-3-2-4-7-5;/h2*1-3,6,8-11,16,21,27H,4-5,7,12-15,17H2,(H,28,29)(H2,24,25,26);3-5,8-12,15,20,23H,2,6-7,13-14,16,22H2,1H3;3-11,16,18-19H,2,12H2,1H3;11H,4-7H2,1-3H3,(H,10,12);2-4H2,1H3,(H,6,7);1H. The lowest BCUT2D eigenvalue weighted by Gasteiger charge is -2.19. The lowest BCUT2D eigenvalue weighted by atomic mass is 10.1. The number of aromatic hydroxyl groups is 1. The normalized spacial score (nSPS) is 13.6. The number of amidine groups is 1. The zero-order valence-corrected chi connectivity index (χ0v) is 85.3. The summed E-state index contributed by atoms with van der Waals surface area (Å²) >= 11 is 1.68. The minimum absolute atomic E-state index is 0. The highest BCUT2D eigenvalue weighted by atomic mass is 35.5. The molecule has 774 valence electrons. The molecule has 3 aliphatic heterocycles. The third-order valence-corrected chi connectivity index (χ3v) is 26.4. The Hall–Kier alpha value is -11.7. The van der Waals surface area contributed by atoms with E-state index in [-0.39, 0.29) is 83.2 Å². The van der Waals surface area contributed by atoms with Crippen molar-refractivity contribution in [3.8, 4) is 23.0 Å². The molecule has 8 aromatic rings. The number of nitrogens with one attached hydrogen (secondary N) is 10. The first-order chi connectivity index (χ1) is 67.1. The second kappa shape index (κ2) is 66.2. The number of benzene rings is 8. The number of hydrogen-bond donors (Lipinski definition) is 15. The van der Waals surface area contributed by atoms with Crippen molar-refractivity contribution in [1.29, 1.82) is 0 Å². The number of amides is 1. The average Bonchev–Trinajstić information content (AvgIpc) is 0.825. The van der Waals surface area contributed by atoms with Crippen LogP contribution in [0, 0.1) is 0 Å². The summed E-state index contributed by atoms with van der Waals surface area (Å²) in [5.74, 6) is -0.281. The van der Waals surface area contributed by atoms with Crippen LogP contribution in [-0.4, -0.2) is 218 Å². The number of halogens is 1. The number of esters is 2. The Morgan fingerprint density at radius 2 is 0.766 bits per heavy atom. The highest BCUT2D eigenvalue weighted by Crippen LogP contribution is 2.29. The van der Waals surface area contributed by atoms with Crippen molar-refractivity contribution in [2.75, 3.05) is 111 Å². The fraction of sp³-hybridized carbons (Fsp3) is 0.429. The van der Waals surface area contributed by atoms with Crippen molar-refractivity contribution in [2.24, 2.45) is 20.7 Å². The van der Waals surface area contributed by atoms with Gasteiger partial charge in [-0.1, -0.05) is 157 Å². The maximum absolute atomic E-state index is 12.9. The molecule has 0 aliphatic carbocycles. The molecule has 0 spiro atoms. The quantitative estimate of drug-likeness (QED) is 0.00957. The number of guanidine groups is 2. The van der Waals surface area contributed by atoms with Crippen LogP contribution in [0.25, 0.3) is 0 Å². The number of aliphatic carboxylic acids is 2. The lowest BCUT2D eigenvalue weighted by molar-refractivity contribution is -0.144. The summed E-state index contributed by atoms with van der Waals surface area (Å²) in [5, 5.41) is 56.2. The minimum Gasteiger partial charge on any atom is -0.508 e. The van der Waals surface area contributed by atoms with E-state index in [1.807, 2.05) is 33.1 Å². The molecular weight excluding hydrogens is 1940 g/mol. The van der Waals surface area contributed by atoms with Gasteiger partial charge in [0.05, 0.1) is 102 Å². The molecular formula is C98H137ClN14O23S5. The zero-order valence-electron chi connectivity index (χ0n) is 80.4. The molecule has 0 aromatic heterocycles. The molecule has 0 bridgehead atoms. The fourth-order valence-electron chi connectivity index (χ4n) is 13.0. The van der Waals surface area contributed by atoms with E-state index >= 15 is 0 Å². The number of aliphatic hydroxyl groups is 1. The summed E-state index contributed by atoms with van der Waals surface area (Å²) in [7, 11) is -15.7. The second-order valence-corrected chi connectivity index (χ2v) is 40.0. The molecule has 43 heteroatoms. The number of carbonyl (C=O) groups excluding carboxylic acids is 3. The van der Waals surface area contributed by atoms with Gasteiger partial charge in [-0.15, -0.1) is 12.4 Å². The molecule has 3 heterocycles. The van der Waals surface area contributed by atoms with Gasteiger partial charge in [0, 0.05) is 83.7 Å². The lowest BCUT2D eigenvalue weighted by Crippen LogP contribution is -2.41. The molecule has 1 amide bonds. The van der Waals surface area contributed by atoms with Gasteiger partial charge in [0.25, 0.3) is 0 Å². The number of alkyl carbamates (subject to hydrolysis) is 1. The van der Waals surface area contributed by atoms with E-state index in [2.05, 4.69) is 65.8 Å². The van der Waals surface area contributed by atoms with Gasteiger partial charge in [-0.05, 0) is 195 Å². The number of ether oxygens (including phenoxy) is 6. The molecule has 4 atom stereocenters. The van der Waals surface area contributed by atoms with Gasteiger partial charge in [-0.25, -0.2) is 57.4 Å². The topological polar surface area (TPSA) is 542 Å². The molecule has 0 radical (unpaired) electrons. The summed E-state index contributed by atoms with van der Waals surface area (Å²) < 4.78 is 145. The predicted octanol–water partition coefficient (Wildman–Crippen LogP) is 12.1. The number of phenols is 1. The first-order valence-corrected chi connectivity index (χ1v) is 53.5. The highest BCUT2D eigenvalue weighted by molar-refractivity contribution is 8.13. The fourth-order valence-corrected chi connectivity index (χ4v) is 18.5. The van der Waals surface area contributed by atoms with Gasteiger partial charge >= 0.3 is 30.0 Å². The zero-order chi connectivity index (χ0) is 102. The largest absolute Gasteiger partial charge is 0.508 e. The van der Waals surface area contributed by atoms with Crippen LogP contribution in [0.5, 0.6) is 23.0 Å². The van der Waals surface area contributed by atoms with Gasteiger partial charge in [0.15, 0.2) is 17.1 Å². The number of nitrogens with zero attached hydrogens (tertiary/aromatic N) is 3. The first kappa shape index (κ1) is 120. The molecule has 141 heavy (non-hydrogen) atoms. The predicted molar refractivity (Wildman–Crippen MR) is 548 cm³/mol. The Morgan fingerprint density at radius 3 is 1.06 bits per heavy atom. The smallest absolute Gasteiger partial charge is 0.407 e. The Labute approximate surface area is 839 Å². The number of phenolic OH excluding ortho intramolecular Hbond substituents is 1. The number of carbonyl (C=O) groups is 5. The molecule has 0 saturated carbocycles. The van der Waals surface area contributed by atoms with Crippen molar-refractivity contribution in [2.45, 2.75) is 180 Å². The summed E-state index contributed by atoms with van der Waals surface area (Å²) in [4.78, 5) is 70.3. The van der Waals surface area contributed by atoms with E-state index in [0.29, 0.717) is 78.8 Å². The SMILES string of the molecule is CC(C)(C)OC(=O)NCCCCO.CCOC(=O)CC(NS(=O)(=O)c1cccc(O)c1)c1ccccc1.CCOC(=O)CC(NS(=O)(=O)c1cccc(OCCCCN)c1)c1ccccc1.CSC1=NCCCN1.Cl.O=C(O)CC(NS(=O)(=O)c1cccc(OCCCCNC2=NCCCN2)c1)c1ccccc1.O=C(O)CC(NS(=O)(=O)c1cccc(OCCCCNC2=NCCCN2)c1)c1ccccc1. The molecule has 8 aromatic carbocycles. The summed E-state index contributed by atoms with van der Waals surface area (Å²) in [5.41, 5.74) is 7.51. The number of carboxylic acid groups (broad SMARTS) is 2. The van der Waals surface area contributed by atoms with Crippen LogP contribution in [0.2, 0.25) is 0 Å². The highest BCUT2D eigenvalue weighted by Gasteiger charge is 2.30. The Morgan fingerprint density at radius 1 is 0.433 bits per heavy atom. The third kappa shape index (κ3) is 49.5. The maximum Gasteiger partial charge on any atom is 0.407 e. The van der Waals surface area contributed by atoms with Gasteiger partial charge in [0.1, 0.15) is 28.6 Å². The molecule has 11 rings (SSSR count). The first-order valence-electron chi connectivity index (χ1n) is 46.3. The van der Waals surface area contributed by atoms with E-state index in [1.165, 1.54) is 61.0 Å². The van der Waals surface area contributed by atoms with E-state index in [4.69, 9.17) is 39.3 Å². The summed E-state index contributed by atoms with van der Waals surface area (Å²) in [6.45, 7) is 19.2. The van der Waals surface area contributed by atoms with Gasteiger partial charge in [0.2, 0.25) is 40.1 Å². The van der Waals surface area contributed by atoms with E-state index in [1.54, 1.807) is 177 Å². The average molecular weight is 2080 g/mol. The third-order valence-electron chi connectivity index (χ3n) is 19.8. The van der Waals surface area contributed by atoms with Crippen LogP contribution < -0.4 is 70.7 Å². The number of hydrogen-bond acceptors (Lipinski definition) is 31. The van der Waals surface area contributed by atoms with Crippen LogP contribution in [0.15, 0.2) is 253 Å². The molecule has 16 N–H and O–H groups in total. The van der Waals surface area contributed by atoms with Gasteiger partial charge in [-0.3, -0.25) is 34.2 Å². The van der Waals surface area contributed by atoms with E-state index < -0.39 is 99.8 Å². The molecule has 0 saturated heterocycles. The second-order valence-electron chi connectivity index (χ2n) is 32.3. The van der Waals surface area contributed by atoms with Gasteiger partial charge < -0.3 is 86.5 Å².